The van der Waals surface area contributed by atoms with E-state index >= 15 is 0 Å². The van der Waals surface area contributed by atoms with E-state index in [1.54, 1.807) is 12.1 Å². The Kier molecular flexibility index (Phi) is 7.47. The molecule has 2 N–H and O–H groups in total. The third-order valence-electron chi connectivity index (χ3n) is 3.39. The Bertz CT molecular complexity index is 562. The van der Waals surface area contributed by atoms with Crippen molar-refractivity contribution in [3.63, 3.8) is 0 Å². The summed E-state index contributed by atoms with van der Waals surface area (Å²) in [5.74, 6) is -0.388. The molecule has 0 aliphatic heterocycles. The van der Waals surface area contributed by atoms with Crippen molar-refractivity contribution in [3.8, 4) is 5.75 Å². The summed E-state index contributed by atoms with van der Waals surface area (Å²) in [7, 11) is -4.38. The van der Waals surface area contributed by atoms with Gasteiger partial charge in [-0.05, 0) is 44.2 Å². The smallest absolute Gasteiger partial charge is 0.298 e. The second-order valence-corrected chi connectivity index (χ2v) is 6.47. The third kappa shape index (κ3) is 6.31. The van der Waals surface area contributed by atoms with Crippen molar-refractivity contribution in [2.45, 2.75) is 56.8 Å². The summed E-state index contributed by atoms with van der Waals surface area (Å²) in [5, 5.41) is 9.60. The molecule has 118 valence electrons. The number of rotatable bonds is 9. The minimum absolute atomic E-state index is 0.349. The van der Waals surface area contributed by atoms with Crippen LogP contribution in [0.4, 0.5) is 0 Å². The summed E-state index contributed by atoms with van der Waals surface area (Å²) < 4.78 is 31.8. The Morgan fingerprint density at radius 1 is 1.10 bits per heavy atom. The predicted octanol–water partition coefficient (Wildman–Crippen LogP) is 4.10. The van der Waals surface area contributed by atoms with Crippen LogP contribution in [0.15, 0.2) is 35.2 Å². The molecule has 0 aliphatic carbocycles. The first-order valence-electron chi connectivity index (χ1n) is 7.36. The van der Waals surface area contributed by atoms with E-state index < -0.39 is 10.1 Å². The molecule has 0 unspecified atom stereocenters. The fraction of sp³-hybridized carbons (Fsp3) is 0.500. The van der Waals surface area contributed by atoms with Gasteiger partial charge in [-0.1, -0.05) is 43.5 Å². The second kappa shape index (κ2) is 8.85. The minimum Gasteiger partial charge on any atom is -0.506 e. The Balaban J connectivity index is 2.45. The molecule has 0 bridgehead atoms. The van der Waals surface area contributed by atoms with Crippen LogP contribution in [0.2, 0.25) is 0 Å². The Labute approximate surface area is 127 Å². The molecule has 0 atom stereocenters. The first-order valence-corrected chi connectivity index (χ1v) is 8.80. The normalized spacial score (nSPS) is 12.1. The third-order valence-corrected chi connectivity index (χ3v) is 4.37. The van der Waals surface area contributed by atoms with E-state index in [0.29, 0.717) is 12.0 Å². The molecule has 0 amide bonds. The topological polar surface area (TPSA) is 74.6 Å². The first kappa shape index (κ1) is 17.7. The Morgan fingerprint density at radius 3 is 2.43 bits per heavy atom. The highest BCUT2D eigenvalue weighted by Crippen LogP contribution is 2.27. The molecule has 1 aromatic carbocycles. The van der Waals surface area contributed by atoms with Gasteiger partial charge in [0.25, 0.3) is 10.1 Å². The Hall–Kier alpha value is -1.33. The lowest BCUT2D eigenvalue weighted by Gasteiger charge is -2.08. The van der Waals surface area contributed by atoms with Gasteiger partial charge in [0.15, 0.2) is 0 Å². The van der Waals surface area contributed by atoms with Crippen molar-refractivity contribution in [1.82, 2.24) is 0 Å². The molecule has 0 spiro atoms. The highest BCUT2D eigenvalue weighted by atomic mass is 32.2. The van der Waals surface area contributed by atoms with Crippen LogP contribution >= 0.6 is 0 Å². The summed E-state index contributed by atoms with van der Waals surface area (Å²) in [6.45, 7) is 2.02. The van der Waals surface area contributed by atoms with Crippen molar-refractivity contribution in [1.29, 1.82) is 0 Å². The van der Waals surface area contributed by atoms with Crippen LogP contribution in [0.25, 0.3) is 0 Å². The SMILES string of the molecule is C/C=C/CCCCCCCc1cccc(O)c1S(=O)(=O)O. The quantitative estimate of drug-likeness (QED) is 0.409. The van der Waals surface area contributed by atoms with E-state index in [1.165, 1.54) is 12.5 Å². The highest BCUT2D eigenvalue weighted by Gasteiger charge is 2.19. The van der Waals surface area contributed by atoms with E-state index in [0.717, 1.165) is 32.1 Å². The number of unbranched alkanes of at least 4 members (excludes halogenated alkanes) is 5. The molecule has 0 fully saturated rings. The van der Waals surface area contributed by atoms with E-state index in [1.807, 2.05) is 6.92 Å². The molecule has 4 nitrogen and oxygen atoms in total. The molecular weight excluding hydrogens is 288 g/mol. The van der Waals surface area contributed by atoms with Crippen molar-refractivity contribution in [3.05, 3.63) is 35.9 Å². The van der Waals surface area contributed by atoms with Gasteiger partial charge in [0, 0.05) is 0 Å². The number of phenolic OH excluding ortho intramolecular Hbond substituents is 1. The van der Waals surface area contributed by atoms with Gasteiger partial charge in [0.05, 0.1) is 0 Å². The standard InChI is InChI=1S/C16H24O4S/c1-2-3-4-5-6-7-8-9-11-14-12-10-13-15(17)16(14)21(18,19)20/h2-3,10,12-13,17H,4-9,11H2,1H3,(H,18,19,20)/b3-2+. The average molecular weight is 312 g/mol. The number of aryl methyl sites for hydroxylation is 1. The maximum atomic E-state index is 11.3. The van der Waals surface area contributed by atoms with Gasteiger partial charge < -0.3 is 5.11 Å². The maximum absolute atomic E-state index is 11.3. The highest BCUT2D eigenvalue weighted by molar-refractivity contribution is 7.86. The van der Waals surface area contributed by atoms with Crippen LogP contribution in [0.1, 0.15) is 51.0 Å². The lowest BCUT2D eigenvalue weighted by molar-refractivity contribution is 0.440. The molecule has 1 aromatic rings. The van der Waals surface area contributed by atoms with E-state index in [-0.39, 0.29) is 10.6 Å². The molecule has 0 radical (unpaired) electrons. The van der Waals surface area contributed by atoms with Crippen LogP contribution in [0, 0.1) is 0 Å². The van der Waals surface area contributed by atoms with Crippen molar-refractivity contribution in [2.24, 2.45) is 0 Å². The predicted molar refractivity (Wildman–Crippen MR) is 84.1 cm³/mol. The lowest BCUT2D eigenvalue weighted by Crippen LogP contribution is -2.03. The molecule has 0 heterocycles. The molecular formula is C16H24O4S. The fourth-order valence-corrected chi connectivity index (χ4v) is 3.17. The fourth-order valence-electron chi connectivity index (χ4n) is 2.34. The zero-order chi connectivity index (χ0) is 15.7. The van der Waals surface area contributed by atoms with Gasteiger partial charge in [-0.3, -0.25) is 4.55 Å². The number of benzene rings is 1. The largest absolute Gasteiger partial charge is 0.506 e. The van der Waals surface area contributed by atoms with Crippen LogP contribution in [-0.4, -0.2) is 18.1 Å². The van der Waals surface area contributed by atoms with E-state index in [9.17, 15) is 18.1 Å². The summed E-state index contributed by atoms with van der Waals surface area (Å²) in [4.78, 5) is -0.349. The number of aromatic hydroxyl groups is 1. The molecule has 1 rings (SSSR count). The summed E-state index contributed by atoms with van der Waals surface area (Å²) in [5.41, 5.74) is 0.478. The van der Waals surface area contributed by atoms with Gasteiger partial charge in [-0.15, -0.1) is 0 Å². The van der Waals surface area contributed by atoms with Crippen molar-refractivity contribution in [2.75, 3.05) is 0 Å². The van der Waals surface area contributed by atoms with Gasteiger partial charge in [0.2, 0.25) is 0 Å². The summed E-state index contributed by atoms with van der Waals surface area (Å²) >= 11 is 0. The average Bonchev–Trinajstić information content (AvgIpc) is 2.40. The number of allylic oxidation sites excluding steroid dienone is 2. The van der Waals surface area contributed by atoms with Gasteiger partial charge in [-0.2, -0.15) is 8.42 Å². The number of hydrogen-bond acceptors (Lipinski definition) is 3. The maximum Gasteiger partial charge on any atom is 0.298 e. The van der Waals surface area contributed by atoms with Crippen LogP contribution in [0.5, 0.6) is 5.75 Å². The number of hydrogen-bond donors (Lipinski definition) is 2. The second-order valence-electron chi connectivity index (χ2n) is 5.12. The van der Waals surface area contributed by atoms with Crippen molar-refractivity contribution < 1.29 is 18.1 Å². The molecule has 0 aromatic heterocycles. The Morgan fingerprint density at radius 2 is 1.76 bits per heavy atom. The molecule has 0 saturated heterocycles. The monoisotopic (exact) mass is 312 g/mol. The minimum atomic E-state index is -4.38. The van der Waals surface area contributed by atoms with E-state index in [4.69, 9.17) is 0 Å². The van der Waals surface area contributed by atoms with Gasteiger partial charge in [0.1, 0.15) is 10.6 Å². The van der Waals surface area contributed by atoms with Crippen molar-refractivity contribution >= 4 is 10.1 Å². The molecule has 0 aliphatic rings. The van der Waals surface area contributed by atoms with Gasteiger partial charge >= 0.3 is 0 Å². The molecule has 21 heavy (non-hydrogen) atoms. The molecule has 5 heteroatoms. The zero-order valence-electron chi connectivity index (χ0n) is 12.5. The summed E-state index contributed by atoms with van der Waals surface area (Å²) in [6.07, 6.45) is 11.2. The molecule has 0 saturated carbocycles. The van der Waals surface area contributed by atoms with Crippen LogP contribution in [0.3, 0.4) is 0 Å². The number of phenols is 1. The zero-order valence-corrected chi connectivity index (χ0v) is 13.3. The lowest BCUT2D eigenvalue weighted by atomic mass is 10.0. The van der Waals surface area contributed by atoms with Crippen LogP contribution in [-0.2, 0) is 16.5 Å². The van der Waals surface area contributed by atoms with Gasteiger partial charge in [-0.25, -0.2) is 0 Å². The van der Waals surface area contributed by atoms with Crippen LogP contribution < -0.4 is 0 Å². The summed E-state index contributed by atoms with van der Waals surface area (Å²) in [6, 6.07) is 4.50. The first-order chi connectivity index (χ1) is 9.96. The van der Waals surface area contributed by atoms with E-state index in [2.05, 4.69) is 12.2 Å².